The standard InChI is InChI=1S/C14H21N3O3/c1-2-4-11(15)13(18)16-6-8-17(9-7-16)14(19)12-5-3-10-20-12/h1,11-12H,3-10,15H2. The van der Waals surface area contributed by atoms with E-state index in [1.54, 1.807) is 9.80 Å². The Morgan fingerprint density at radius 1 is 1.30 bits per heavy atom. The van der Waals surface area contributed by atoms with Crippen molar-refractivity contribution in [3.63, 3.8) is 0 Å². The lowest BCUT2D eigenvalue weighted by atomic mass is 10.1. The molecule has 2 saturated heterocycles. The molecule has 2 rings (SSSR count). The molecule has 6 nitrogen and oxygen atoms in total. The highest BCUT2D eigenvalue weighted by Gasteiger charge is 2.32. The second kappa shape index (κ2) is 6.73. The highest BCUT2D eigenvalue weighted by Crippen LogP contribution is 2.16. The van der Waals surface area contributed by atoms with Crippen LogP contribution in [0.2, 0.25) is 0 Å². The quantitative estimate of drug-likeness (QED) is 0.685. The molecule has 0 aromatic carbocycles. The molecular formula is C14H21N3O3. The van der Waals surface area contributed by atoms with Crippen molar-refractivity contribution in [2.24, 2.45) is 5.73 Å². The summed E-state index contributed by atoms with van der Waals surface area (Å²) in [5.41, 5.74) is 5.72. The number of amides is 2. The van der Waals surface area contributed by atoms with Gasteiger partial charge in [-0.15, -0.1) is 12.3 Å². The van der Waals surface area contributed by atoms with Crippen molar-refractivity contribution in [3.8, 4) is 12.3 Å². The molecule has 20 heavy (non-hydrogen) atoms. The van der Waals surface area contributed by atoms with Gasteiger partial charge in [0.25, 0.3) is 5.91 Å². The molecular weight excluding hydrogens is 258 g/mol. The lowest BCUT2D eigenvalue weighted by Gasteiger charge is -2.36. The number of terminal acetylenes is 1. The summed E-state index contributed by atoms with van der Waals surface area (Å²) in [4.78, 5) is 27.6. The first kappa shape index (κ1) is 14.8. The minimum Gasteiger partial charge on any atom is -0.368 e. The third-order valence-corrected chi connectivity index (χ3v) is 3.76. The Labute approximate surface area is 119 Å². The Balaban J connectivity index is 1.81. The summed E-state index contributed by atoms with van der Waals surface area (Å²) in [5.74, 6) is 2.31. The SMILES string of the molecule is C#CCC(N)C(=O)N1CCN(C(=O)C2CCCO2)CC1. The maximum Gasteiger partial charge on any atom is 0.251 e. The predicted molar refractivity (Wildman–Crippen MR) is 73.6 cm³/mol. The number of hydrogen-bond acceptors (Lipinski definition) is 4. The number of rotatable bonds is 3. The summed E-state index contributed by atoms with van der Waals surface area (Å²) < 4.78 is 5.40. The minimum atomic E-state index is -0.639. The maximum atomic E-state index is 12.2. The molecule has 2 aliphatic rings. The molecule has 2 atom stereocenters. The topological polar surface area (TPSA) is 75.9 Å². The van der Waals surface area contributed by atoms with Gasteiger partial charge in [-0.3, -0.25) is 9.59 Å². The van der Waals surface area contributed by atoms with Crippen molar-refractivity contribution in [1.82, 2.24) is 9.80 Å². The molecule has 0 aromatic rings. The third-order valence-electron chi connectivity index (χ3n) is 3.76. The lowest BCUT2D eigenvalue weighted by Crippen LogP contribution is -2.55. The maximum absolute atomic E-state index is 12.2. The first-order valence-corrected chi connectivity index (χ1v) is 7.01. The fourth-order valence-electron chi connectivity index (χ4n) is 2.57. The molecule has 0 radical (unpaired) electrons. The molecule has 2 aliphatic heterocycles. The van der Waals surface area contributed by atoms with Crippen molar-refractivity contribution in [1.29, 1.82) is 0 Å². The average Bonchev–Trinajstić information content (AvgIpc) is 3.00. The fourth-order valence-corrected chi connectivity index (χ4v) is 2.57. The Morgan fingerprint density at radius 3 is 2.50 bits per heavy atom. The Morgan fingerprint density at radius 2 is 1.95 bits per heavy atom. The van der Waals surface area contributed by atoms with Crippen LogP contribution in [0.15, 0.2) is 0 Å². The molecule has 0 aliphatic carbocycles. The minimum absolute atomic E-state index is 0.0440. The summed E-state index contributed by atoms with van der Waals surface area (Å²) in [6.45, 7) is 2.75. The molecule has 2 N–H and O–H groups in total. The van der Waals surface area contributed by atoms with Gasteiger partial charge >= 0.3 is 0 Å². The van der Waals surface area contributed by atoms with E-state index in [1.807, 2.05) is 0 Å². The van der Waals surface area contributed by atoms with Crippen LogP contribution in [0, 0.1) is 12.3 Å². The molecule has 2 heterocycles. The number of carbonyl (C=O) groups is 2. The molecule has 2 amide bonds. The summed E-state index contributed by atoms with van der Waals surface area (Å²) in [7, 11) is 0. The molecule has 2 unspecified atom stereocenters. The molecule has 2 fully saturated rings. The zero-order valence-electron chi connectivity index (χ0n) is 11.6. The van der Waals surface area contributed by atoms with Crippen LogP contribution in [0.25, 0.3) is 0 Å². The number of nitrogens with two attached hydrogens (primary N) is 1. The van der Waals surface area contributed by atoms with Gasteiger partial charge in [0.2, 0.25) is 5.91 Å². The average molecular weight is 279 g/mol. The second-order valence-electron chi connectivity index (χ2n) is 5.17. The number of nitrogens with zero attached hydrogens (tertiary/aromatic N) is 2. The van der Waals surface area contributed by atoms with E-state index in [4.69, 9.17) is 16.9 Å². The molecule has 110 valence electrons. The van der Waals surface area contributed by atoms with Gasteiger partial charge in [0.05, 0.1) is 6.04 Å². The normalized spacial score (nSPS) is 24.3. The van der Waals surface area contributed by atoms with Gasteiger partial charge in [-0.1, -0.05) is 0 Å². The van der Waals surface area contributed by atoms with Crippen LogP contribution in [0.1, 0.15) is 19.3 Å². The van der Waals surface area contributed by atoms with Crippen LogP contribution >= 0.6 is 0 Å². The van der Waals surface area contributed by atoms with Crippen LogP contribution in [0.5, 0.6) is 0 Å². The van der Waals surface area contributed by atoms with Crippen LogP contribution in [-0.2, 0) is 14.3 Å². The van der Waals surface area contributed by atoms with Crippen molar-refractivity contribution in [3.05, 3.63) is 0 Å². The van der Waals surface area contributed by atoms with Gasteiger partial charge in [-0.25, -0.2) is 0 Å². The first-order chi connectivity index (χ1) is 9.63. The van der Waals surface area contributed by atoms with E-state index in [0.29, 0.717) is 32.8 Å². The second-order valence-corrected chi connectivity index (χ2v) is 5.17. The predicted octanol–water partition coefficient (Wildman–Crippen LogP) is -0.813. The van der Waals surface area contributed by atoms with Gasteiger partial charge in [0.15, 0.2) is 0 Å². The van der Waals surface area contributed by atoms with Gasteiger partial charge in [0.1, 0.15) is 6.10 Å². The van der Waals surface area contributed by atoms with E-state index in [0.717, 1.165) is 12.8 Å². The summed E-state index contributed by atoms with van der Waals surface area (Å²) in [6, 6.07) is -0.639. The number of ether oxygens (including phenoxy) is 1. The van der Waals surface area contributed by atoms with E-state index in [9.17, 15) is 9.59 Å². The highest BCUT2D eigenvalue weighted by molar-refractivity contribution is 5.83. The molecule has 6 heteroatoms. The van der Waals surface area contributed by atoms with Gasteiger partial charge in [-0.2, -0.15) is 0 Å². The smallest absolute Gasteiger partial charge is 0.251 e. The zero-order chi connectivity index (χ0) is 14.5. The molecule has 0 saturated carbocycles. The van der Waals surface area contributed by atoms with Crippen molar-refractivity contribution < 1.29 is 14.3 Å². The molecule has 0 spiro atoms. The fraction of sp³-hybridized carbons (Fsp3) is 0.714. The van der Waals surface area contributed by atoms with Crippen molar-refractivity contribution >= 4 is 11.8 Å². The van der Waals surface area contributed by atoms with Crippen molar-refractivity contribution in [2.75, 3.05) is 32.8 Å². The zero-order valence-corrected chi connectivity index (χ0v) is 11.6. The van der Waals surface area contributed by atoms with E-state index < -0.39 is 6.04 Å². The summed E-state index contributed by atoms with van der Waals surface area (Å²) in [6.07, 6.45) is 6.85. The van der Waals surface area contributed by atoms with Crippen LogP contribution in [0.4, 0.5) is 0 Å². The van der Waals surface area contributed by atoms with Crippen LogP contribution in [0.3, 0.4) is 0 Å². The van der Waals surface area contributed by atoms with E-state index in [-0.39, 0.29) is 24.3 Å². The Bertz CT molecular complexity index is 404. The third kappa shape index (κ3) is 3.30. The Kier molecular flexibility index (Phi) is 4.99. The summed E-state index contributed by atoms with van der Waals surface area (Å²) >= 11 is 0. The summed E-state index contributed by atoms with van der Waals surface area (Å²) in [5, 5.41) is 0. The lowest BCUT2D eigenvalue weighted by molar-refractivity contribution is -0.146. The molecule has 0 bridgehead atoms. The van der Waals surface area contributed by atoms with E-state index in [1.165, 1.54) is 0 Å². The molecule has 0 aromatic heterocycles. The van der Waals surface area contributed by atoms with Gasteiger partial charge in [0, 0.05) is 39.2 Å². The first-order valence-electron chi connectivity index (χ1n) is 7.01. The number of carbonyl (C=O) groups excluding carboxylic acids is 2. The van der Waals surface area contributed by atoms with E-state index >= 15 is 0 Å². The monoisotopic (exact) mass is 279 g/mol. The van der Waals surface area contributed by atoms with Crippen LogP contribution in [-0.4, -0.2) is 66.5 Å². The highest BCUT2D eigenvalue weighted by atomic mass is 16.5. The largest absolute Gasteiger partial charge is 0.368 e. The Hall–Kier alpha value is -1.58. The van der Waals surface area contributed by atoms with Gasteiger partial charge in [-0.05, 0) is 12.8 Å². The van der Waals surface area contributed by atoms with Crippen molar-refractivity contribution in [2.45, 2.75) is 31.4 Å². The number of piperazine rings is 1. The number of hydrogen-bond donors (Lipinski definition) is 1. The van der Waals surface area contributed by atoms with Gasteiger partial charge < -0.3 is 20.3 Å². The van der Waals surface area contributed by atoms with Crippen LogP contribution < -0.4 is 5.73 Å². The van der Waals surface area contributed by atoms with E-state index in [2.05, 4.69) is 5.92 Å².